The fourth-order valence-corrected chi connectivity index (χ4v) is 5.52. The lowest BCUT2D eigenvalue weighted by Crippen LogP contribution is -2.46. The number of halogens is 1. The summed E-state index contributed by atoms with van der Waals surface area (Å²) in [4.78, 5) is 31.2. The molecular formula is C26H38FN3O5. The van der Waals surface area contributed by atoms with Crippen LogP contribution in [0.1, 0.15) is 46.0 Å². The van der Waals surface area contributed by atoms with Crippen molar-refractivity contribution in [3.8, 4) is 5.75 Å². The van der Waals surface area contributed by atoms with Crippen LogP contribution in [0.2, 0.25) is 0 Å². The molecule has 2 heterocycles. The van der Waals surface area contributed by atoms with Crippen molar-refractivity contribution in [1.29, 1.82) is 0 Å². The summed E-state index contributed by atoms with van der Waals surface area (Å²) in [5.41, 5.74) is 0.805. The number of anilines is 1. The molecule has 35 heavy (non-hydrogen) atoms. The van der Waals surface area contributed by atoms with Crippen LogP contribution in [0, 0.1) is 17.7 Å². The number of likely N-dealkylation sites (tertiary alicyclic amines) is 1. The lowest BCUT2D eigenvalue weighted by Gasteiger charge is -2.37. The minimum absolute atomic E-state index is 0.0221. The first kappa shape index (κ1) is 25.9. The van der Waals surface area contributed by atoms with Crippen molar-refractivity contribution in [2.45, 2.75) is 64.3 Å². The third-order valence-electron chi connectivity index (χ3n) is 7.44. The quantitative estimate of drug-likeness (QED) is 0.403. The fourth-order valence-electron chi connectivity index (χ4n) is 5.52. The van der Waals surface area contributed by atoms with Gasteiger partial charge in [-0.05, 0) is 58.2 Å². The summed E-state index contributed by atoms with van der Waals surface area (Å²) in [5, 5.41) is 19.7. The van der Waals surface area contributed by atoms with Crippen molar-refractivity contribution in [3.63, 3.8) is 0 Å². The zero-order chi connectivity index (χ0) is 25.1. The molecular weight excluding hydrogens is 453 g/mol. The highest BCUT2D eigenvalue weighted by atomic mass is 19.1. The van der Waals surface area contributed by atoms with Crippen LogP contribution < -0.4 is 9.64 Å². The van der Waals surface area contributed by atoms with Crippen molar-refractivity contribution in [1.82, 2.24) is 9.80 Å². The monoisotopic (exact) mass is 491 g/mol. The van der Waals surface area contributed by atoms with Gasteiger partial charge in [0, 0.05) is 38.8 Å². The SMILES string of the molecule is CC(C)Oc1ccc(F)cc1N1CCN(CCCCCN2C(=O)C3CC(O)C(O)CC3C2=O)CC1. The first-order valence-corrected chi connectivity index (χ1v) is 12.9. The number of fused-ring (bicyclic) bond motifs is 1. The number of carbonyl (C=O) groups excluding carboxylic acids is 2. The lowest BCUT2D eigenvalue weighted by molar-refractivity contribution is -0.140. The number of carbonyl (C=O) groups is 2. The summed E-state index contributed by atoms with van der Waals surface area (Å²) >= 11 is 0. The van der Waals surface area contributed by atoms with Crippen molar-refractivity contribution in [2.75, 3.05) is 44.2 Å². The van der Waals surface area contributed by atoms with Crippen LogP contribution in [0.4, 0.5) is 10.1 Å². The summed E-state index contributed by atoms with van der Waals surface area (Å²) in [5.74, 6) is -0.909. The predicted octanol–water partition coefficient (Wildman–Crippen LogP) is 2.02. The second kappa shape index (κ2) is 11.2. The second-order valence-corrected chi connectivity index (χ2v) is 10.3. The number of aliphatic hydroxyl groups is 2. The molecule has 4 rings (SSSR count). The Hall–Kier alpha value is -2.23. The molecule has 1 saturated carbocycles. The van der Waals surface area contributed by atoms with E-state index < -0.39 is 24.0 Å². The van der Waals surface area contributed by atoms with Gasteiger partial charge in [-0.1, -0.05) is 6.42 Å². The van der Waals surface area contributed by atoms with E-state index in [-0.39, 0.29) is 36.6 Å². The maximum Gasteiger partial charge on any atom is 0.233 e. The minimum Gasteiger partial charge on any atom is -0.489 e. The number of ether oxygens (including phenoxy) is 1. The average molecular weight is 492 g/mol. The van der Waals surface area contributed by atoms with Crippen molar-refractivity contribution in [2.24, 2.45) is 11.8 Å². The van der Waals surface area contributed by atoms with Gasteiger partial charge in [0.05, 0.1) is 35.8 Å². The fraction of sp³-hybridized carbons (Fsp3) is 0.692. The minimum atomic E-state index is -0.927. The Bertz CT molecular complexity index is 877. The van der Waals surface area contributed by atoms with Gasteiger partial charge >= 0.3 is 0 Å². The van der Waals surface area contributed by atoms with Crippen LogP contribution in [0.5, 0.6) is 5.75 Å². The van der Waals surface area contributed by atoms with Gasteiger partial charge in [0.25, 0.3) is 0 Å². The number of rotatable bonds is 9. The number of hydrogen-bond donors (Lipinski definition) is 2. The third kappa shape index (κ3) is 5.95. The highest BCUT2D eigenvalue weighted by Gasteiger charge is 2.51. The number of hydrogen-bond acceptors (Lipinski definition) is 7. The number of aliphatic hydroxyl groups excluding tert-OH is 2. The van der Waals surface area contributed by atoms with Crippen LogP contribution in [0.3, 0.4) is 0 Å². The van der Waals surface area contributed by atoms with Gasteiger partial charge in [0.2, 0.25) is 11.8 Å². The Morgan fingerprint density at radius 3 is 2.14 bits per heavy atom. The second-order valence-electron chi connectivity index (χ2n) is 10.3. The molecule has 9 heteroatoms. The van der Waals surface area contributed by atoms with Crippen LogP contribution in [0.25, 0.3) is 0 Å². The van der Waals surface area contributed by atoms with Crippen LogP contribution >= 0.6 is 0 Å². The molecule has 1 aromatic rings. The largest absolute Gasteiger partial charge is 0.489 e. The molecule has 0 bridgehead atoms. The van der Waals surface area contributed by atoms with Crippen molar-refractivity contribution < 1.29 is 28.9 Å². The van der Waals surface area contributed by atoms with E-state index in [0.717, 1.165) is 57.7 Å². The van der Waals surface area contributed by atoms with E-state index in [9.17, 15) is 24.2 Å². The molecule has 2 aliphatic heterocycles. The van der Waals surface area contributed by atoms with Crippen LogP contribution in [-0.2, 0) is 9.59 Å². The maximum absolute atomic E-state index is 13.9. The molecule has 4 atom stereocenters. The highest BCUT2D eigenvalue weighted by molar-refractivity contribution is 6.05. The predicted molar refractivity (Wildman–Crippen MR) is 130 cm³/mol. The first-order valence-electron chi connectivity index (χ1n) is 12.9. The molecule has 194 valence electrons. The van der Waals surface area contributed by atoms with E-state index in [1.807, 2.05) is 13.8 Å². The van der Waals surface area contributed by atoms with Gasteiger partial charge in [-0.2, -0.15) is 0 Å². The topological polar surface area (TPSA) is 93.6 Å². The van der Waals surface area contributed by atoms with E-state index in [1.165, 1.54) is 11.0 Å². The molecule has 0 spiro atoms. The Morgan fingerprint density at radius 2 is 1.54 bits per heavy atom. The molecule has 2 amide bonds. The molecule has 4 unspecified atom stereocenters. The van der Waals surface area contributed by atoms with Crippen molar-refractivity contribution >= 4 is 17.5 Å². The smallest absolute Gasteiger partial charge is 0.233 e. The number of piperazine rings is 1. The van der Waals surface area contributed by atoms with E-state index in [1.54, 1.807) is 12.1 Å². The van der Waals surface area contributed by atoms with E-state index >= 15 is 0 Å². The summed E-state index contributed by atoms with van der Waals surface area (Å²) in [7, 11) is 0. The molecule has 8 nitrogen and oxygen atoms in total. The molecule has 0 aromatic heterocycles. The van der Waals surface area contributed by atoms with Gasteiger partial charge in [0.15, 0.2) is 0 Å². The zero-order valence-electron chi connectivity index (χ0n) is 20.7. The van der Waals surface area contributed by atoms with E-state index in [0.29, 0.717) is 12.3 Å². The molecule has 1 aromatic carbocycles. The van der Waals surface area contributed by atoms with Gasteiger partial charge in [-0.15, -0.1) is 0 Å². The van der Waals surface area contributed by atoms with Gasteiger partial charge in [-0.3, -0.25) is 19.4 Å². The van der Waals surface area contributed by atoms with Gasteiger partial charge in [0.1, 0.15) is 11.6 Å². The number of unbranched alkanes of at least 4 members (excludes halogenated alkanes) is 2. The maximum atomic E-state index is 13.9. The molecule has 3 aliphatic rings. The Labute approximate surface area is 206 Å². The molecule has 1 aliphatic carbocycles. The number of benzene rings is 1. The van der Waals surface area contributed by atoms with E-state index in [4.69, 9.17) is 4.74 Å². The average Bonchev–Trinajstić information content (AvgIpc) is 3.04. The number of nitrogens with zero attached hydrogens (tertiary/aromatic N) is 3. The summed E-state index contributed by atoms with van der Waals surface area (Å²) in [6, 6.07) is 4.68. The Morgan fingerprint density at radius 1 is 0.943 bits per heavy atom. The molecule has 2 saturated heterocycles. The highest BCUT2D eigenvalue weighted by Crippen LogP contribution is 2.38. The van der Waals surface area contributed by atoms with E-state index in [2.05, 4.69) is 9.80 Å². The van der Waals surface area contributed by atoms with Crippen LogP contribution in [0.15, 0.2) is 18.2 Å². The lowest BCUT2D eigenvalue weighted by atomic mass is 9.78. The molecule has 2 N–H and O–H groups in total. The first-order chi connectivity index (χ1) is 16.7. The zero-order valence-corrected chi connectivity index (χ0v) is 20.7. The van der Waals surface area contributed by atoms with Gasteiger partial charge in [-0.25, -0.2) is 4.39 Å². The Balaban J connectivity index is 1.18. The summed E-state index contributed by atoms with van der Waals surface area (Å²) in [6.07, 6.45) is 1.14. The number of amides is 2. The molecule has 3 fully saturated rings. The normalized spacial score (nSPS) is 27.6. The van der Waals surface area contributed by atoms with Gasteiger partial charge < -0.3 is 19.8 Å². The third-order valence-corrected chi connectivity index (χ3v) is 7.44. The summed E-state index contributed by atoms with van der Waals surface area (Å²) < 4.78 is 19.7. The standard InChI is InChI=1S/C26H38FN3O5/c1-17(2)35-24-7-6-18(27)14-21(24)29-12-10-28(11-13-29)8-4-3-5-9-30-25(33)19-15-22(31)23(32)16-20(19)26(30)34/h6-7,14,17,19-20,22-23,31-32H,3-5,8-13,15-16H2,1-2H3. The molecule has 0 radical (unpaired) electrons. The number of imide groups is 1. The van der Waals surface area contributed by atoms with Crippen molar-refractivity contribution in [3.05, 3.63) is 24.0 Å². The van der Waals surface area contributed by atoms with Crippen LogP contribution in [-0.4, -0.2) is 89.4 Å². The summed E-state index contributed by atoms with van der Waals surface area (Å²) in [6.45, 7) is 8.64. The Kier molecular flexibility index (Phi) is 8.29.